The largest absolute Gasteiger partial charge is 0.346 e. The Balaban J connectivity index is 1.30. The molecule has 37 heavy (non-hydrogen) atoms. The van der Waals surface area contributed by atoms with Crippen molar-refractivity contribution in [3.8, 4) is 0 Å². The molecule has 190 valence electrons. The maximum atomic E-state index is 13.5. The van der Waals surface area contributed by atoms with E-state index in [1.54, 1.807) is 28.0 Å². The van der Waals surface area contributed by atoms with Crippen LogP contribution in [0.4, 0.5) is 5.69 Å². The summed E-state index contributed by atoms with van der Waals surface area (Å²) in [5.74, 6) is 0.201. The Hall–Kier alpha value is -3.93. The fourth-order valence-corrected chi connectivity index (χ4v) is 5.25. The number of para-hydroxylation sites is 1. The van der Waals surface area contributed by atoms with Gasteiger partial charge in [-0.3, -0.25) is 14.4 Å². The number of hydrogen-bond acceptors (Lipinski definition) is 3. The third-order valence-corrected chi connectivity index (χ3v) is 7.50. The Morgan fingerprint density at radius 1 is 0.919 bits per heavy atom. The van der Waals surface area contributed by atoms with Gasteiger partial charge in [-0.2, -0.15) is 0 Å². The normalized spacial score (nSPS) is 17.9. The number of nitrogens with one attached hydrogen (secondary N) is 1. The molecule has 0 radical (unpaired) electrons. The van der Waals surface area contributed by atoms with E-state index in [2.05, 4.69) is 43.4 Å². The third kappa shape index (κ3) is 4.88. The van der Waals surface area contributed by atoms with Gasteiger partial charge in [0.1, 0.15) is 6.04 Å². The summed E-state index contributed by atoms with van der Waals surface area (Å²) in [5, 5.41) is 3.07. The molecule has 0 saturated carbocycles. The second-order valence-corrected chi connectivity index (χ2v) is 10.3. The van der Waals surface area contributed by atoms with Gasteiger partial charge in [-0.1, -0.05) is 62.4 Å². The molecule has 1 saturated heterocycles. The van der Waals surface area contributed by atoms with Gasteiger partial charge in [0.15, 0.2) is 0 Å². The summed E-state index contributed by atoms with van der Waals surface area (Å²) in [5.41, 5.74) is 5.00. The number of rotatable bonds is 6. The van der Waals surface area contributed by atoms with Crippen LogP contribution in [0.25, 0.3) is 0 Å². The number of carbonyl (C=O) groups excluding carboxylic acids is 3. The number of nitrogens with zero attached hydrogens (tertiary/aromatic N) is 2. The standard InChI is InChI=1S/C31H33N3O3/c1-20(2)23-14-16-24(17-15-23)21(3)32-29(35)25-12-10-22(11-13-25)19-34-27-8-5-4-7-26(27)30(36)33-18-6-9-28(33)31(34)37/h4-5,7-8,10-17,20-21,28H,6,9,18-19H2,1-3H3,(H,32,35)/t21-,28+/m0/s1. The van der Waals surface area contributed by atoms with Crippen LogP contribution in [-0.4, -0.2) is 35.2 Å². The zero-order valence-corrected chi connectivity index (χ0v) is 21.6. The van der Waals surface area contributed by atoms with E-state index in [4.69, 9.17) is 0 Å². The quantitative estimate of drug-likeness (QED) is 0.494. The molecule has 5 rings (SSSR count). The monoisotopic (exact) mass is 495 g/mol. The minimum atomic E-state index is -0.416. The molecule has 1 N–H and O–H groups in total. The first-order valence-electron chi connectivity index (χ1n) is 13.0. The van der Waals surface area contributed by atoms with Gasteiger partial charge >= 0.3 is 0 Å². The molecule has 0 bridgehead atoms. The van der Waals surface area contributed by atoms with Crippen LogP contribution in [0.5, 0.6) is 0 Å². The second kappa shape index (κ2) is 10.2. The summed E-state index contributed by atoms with van der Waals surface area (Å²) in [6.45, 7) is 7.25. The van der Waals surface area contributed by atoms with E-state index in [0.29, 0.717) is 42.2 Å². The van der Waals surface area contributed by atoms with Crippen molar-refractivity contribution in [3.05, 3.63) is 101 Å². The highest BCUT2D eigenvalue weighted by Crippen LogP contribution is 2.33. The van der Waals surface area contributed by atoms with Gasteiger partial charge in [0.05, 0.1) is 23.8 Å². The highest BCUT2D eigenvalue weighted by molar-refractivity contribution is 6.11. The van der Waals surface area contributed by atoms with Crippen LogP contribution in [0.3, 0.4) is 0 Å². The first-order chi connectivity index (χ1) is 17.8. The molecular formula is C31H33N3O3. The summed E-state index contributed by atoms with van der Waals surface area (Å²) >= 11 is 0. The van der Waals surface area contributed by atoms with Crippen LogP contribution in [0.15, 0.2) is 72.8 Å². The van der Waals surface area contributed by atoms with Crippen molar-refractivity contribution >= 4 is 23.4 Å². The van der Waals surface area contributed by atoms with Crippen LogP contribution in [0, 0.1) is 0 Å². The molecule has 2 atom stereocenters. The van der Waals surface area contributed by atoms with Gasteiger partial charge in [-0.25, -0.2) is 0 Å². The van der Waals surface area contributed by atoms with E-state index >= 15 is 0 Å². The first kappa shape index (κ1) is 24.8. The van der Waals surface area contributed by atoms with Gasteiger partial charge in [0.2, 0.25) is 5.91 Å². The number of fused-ring (bicyclic) bond motifs is 2. The SMILES string of the molecule is CC(C)c1ccc([C@H](C)NC(=O)c2ccc(CN3C(=O)[C@H]4CCCN4C(=O)c4ccccc43)cc2)cc1. The molecule has 6 heteroatoms. The van der Waals surface area contributed by atoms with Gasteiger partial charge < -0.3 is 15.1 Å². The molecule has 0 spiro atoms. The van der Waals surface area contributed by atoms with Crippen LogP contribution >= 0.6 is 0 Å². The molecule has 0 aromatic heterocycles. The van der Waals surface area contributed by atoms with E-state index in [1.807, 2.05) is 37.3 Å². The minimum Gasteiger partial charge on any atom is -0.346 e. The van der Waals surface area contributed by atoms with Crippen molar-refractivity contribution in [2.45, 2.75) is 58.2 Å². The van der Waals surface area contributed by atoms with Gasteiger partial charge in [0, 0.05) is 12.1 Å². The van der Waals surface area contributed by atoms with Crippen molar-refractivity contribution in [1.29, 1.82) is 0 Å². The minimum absolute atomic E-state index is 0.0464. The van der Waals surface area contributed by atoms with E-state index in [9.17, 15) is 14.4 Å². The summed E-state index contributed by atoms with van der Waals surface area (Å²) in [6, 6.07) is 22.5. The van der Waals surface area contributed by atoms with Gasteiger partial charge in [0.25, 0.3) is 11.8 Å². The van der Waals surface area contributed by atoms with Crippen LogP contribution < -0.4 is 10.2 Å². The summed E-state index contributed by atoms with van der Waals surface area (Å²) in [4.78, 5) is 43.0. The lowest BCUT2D eigenvalue weighted by Crippen LogP contribution is -2.44. The lowest BCUT2D eigenvalue weighted by Gasteiger charge is -2.26. The van der Waals surface area contributed by atoms with Crippen LogP contribution in [-0.2, 0) is 11.3 Å². The maximum absolute atomic E-state index is 13.5. The number of benzene rings is 3. The smallest absolute Gasteiger partial charge is 0.256 e. The predicted molar refractivity (Wildman–Crippen MR) is 145 cm³/mol. The van der Waals surface area contributed by atoms with Gasteiger partial charge in [-0.15, -0.1) is 0 Å². The highest BCUT2D eigenvalue weighted by atomic mass is 16.2. The topological polar surface area (TPSA) is 69.7 Å². The zero-order chi connectivity index (χ0) is 26.1. The molecule has 2 heterocycles. The predicted octanol–water partition coefficient (Wildman–Crippen LogP) is 5.45. The molecular weight excluding hydrogens is 462 g/mol. The molecule has 3 aromatic carbocycles. The molecule has 0 unspecified atom stereocenters. The molecule has 0 aliphatic carbocycles. The van der Waals surface area contributed by atoms with Crippen molar-refractivity contribution < 1.29 is 14.4 Å². The van der Waals surface area contributed by atoms with Crippen molar-refractivity contribution in [3.63, 3.8) is 0 Å². The van der Waals surface area contributed by atoms with Crippen LogP contribution in [0.2, 0.25) is 0 Å². The van der Waals surface area contributed by atoms with E-state index in [0.717, 1.165) is 17.5 Å². The lowest BCUT2D eigenvalue weighted by molar-refractivity contribution is -0.122. The number of anilines is 1. The van der Waals surface area contributed by atoms with Crippen LogP contribution in [0.1, 0.15) is 83.0 Å². The average Bonchev–Trinajstić information content (AvgIpc) is 3.39. The first-order valence-corrected chi connectivity index (χ1v) is 13.0. The molecule has 3 amide bonds. The Labute approximate surface area is 218 Å². The molecule has 1 fully saturated rings. The number of carbonyl (C=O) groups is 3. The average molecular weight is 496 g/mol. The van der Waals surface area contributed by atoms with Crippen molar-refractivity contribution in [1.82, 2.24) is 10.2 Å². The van der Waals surface area contributed by atoms with E-state index in [1.165, 1.54) is 5.56 Å². The number of hydrogen-bond donors (Lipinski definition) is 1. The van der Waals surface area contributed by atoms with Crippen molar-refractivity contribution in [2.24, 2.45) is 0 Å². The van der Waals surface area contributed by atoms with Gasteiger partial charge in [-0.05, 0) is 66.6 Å². The molecule has 2 aliphatic rings. The fourth-order valence-electron chi connectivity index (χ4n) is 5.25. The maximum Gasteiger partial charge on any atom is 0.256 e. The van der Waals surface area contributed by atoms with E-state index < -0.39 is 6.04 Å². The third-order valence-electron chi connectivity index (χ3n) is 7.50. The summed E-state index contributed by atoms with van der Waals surface area (Å²) in [6.07, 6.45) is 1.52. The number of amides is 3. The zero-order valence-electron chi connectivity index (χ0n) is 21.6. The lowest BCUT2D eigenvalue weighted by atomic mass is 9.99. The molecule has 2 aliphatic heterocycles. The molecule has 6 nitrogen and oxygen atoms in total. The Kier molecular flexibility index (Phi) is 6.83. The Morgan fingerprint density at radius 3 is 2.30 bits per heavy atom. The Morgan fingerprint density at radius 2 is 1.59 bits per heavy atom. The summed E-state index contributed by atoms with van der Waals surface area (Å²) in [7, 11) is 0. The second-order valence-electron chi connectivity index (χ2n) is 10.3. The van der Waals surface area contributed by atoms with E-state index in [-0.39, 0.29) is 23.8 Å². The fraction of sp³-hybridized carbons (Fsp3) is 0.323. The summed E-state index contributed by atoms with van der Waals surface area (Å²) < 4.78 is 0. The highest BCUT2D eigenvalue weighted by Gasteiger charge is 2.41. The Bertz CT molecular complexity index is 1310. The molecule has 3 aromatic rings. The van der Waals surface area contributed by atoms with Crippen molar-refractivity contribution in [2.75, 3.05) is 11.4 Å².